The lowest BCUT2D eigenvalue weighted by molar-refractivity contribution is -0.138. The Balaban J connectivity index is 1.98. The average molecular weight is 346 g/mol. The number of carboxylic acid groups (broad SMARTS) is 1. The molecule has 9 heteroatoms. The molecule has 9 nitrogen and oxygen atoms in total. The number of benzene rings is 1. The van der Waals surface area contributed by atoms with E-state index in [0.29, 0.717) is 22.6 Å². The second-order valence-corrected chi connectivity index (χ2v) is 5.34. The monoisotopic (exact) mass is 346 g/mol. The minimum absolute atomic E-state index is 0.0353. The number of hydrogen-bond acceptors (Lipinski definition) is 6. The van der Waals surface area contributed by atoms with E-state index in [9.17, 15) is 14.4 Å². The van der Waals surface area contributed by atoms with E-state index in [2.05, 4.69) is 15.6 Å². The van der Waals surface area contributed by atoms with Gasteiger partial charge in [-0.15, -0.1) is 5.10 Å². The highest BCUT2D eigenvalue weighted by Gasteiger charge is 2.12. The predicted molar refractivity (Wildman–Crippen MR) is 86.2 cm³/mol. The molecular weight excluding hydrogens is 328 g/mol. The van der Waals surface area contributed by atoms with Crippen molar-refractivity contribution in [3.63, 3.8) is 0 Å². The third-order valence-electron chi connectivity index (χ3n) is 3.39. The van der Waals surface area contributed by atoms with Gasteiger partial charge in [0.25, 0.3) is 0 Å². The highest BCUT2D eigenvalue weighted by molar-refractivity contribution is 5.94. The number of aliphatic carboxylic acids is 1. The summed E-state index contributed by atoms with van der Waals surface area (Å²) in [6.45, 7) is 1.27. The molecule has 0 bridgehead atoms. The van der Waals surface area contributed by atoms with Crippen molar-refractivity contribution in [3.8, 4) is 5.75 Å². The van der Waals surface area contributed by atoms with Crippen molar-refractivity contribution in [1.82, 2.24) is 20.3 Å². The Hall–Kier alpha value is -3.23. The van der Waals surface area contributed by atoms with E-state index in [1.54, 1.807) is 18.2 Å². The van der Waals surface area contributed by atoms with Crippen LogP contribution in [0.1, 0.15) is 28.5 Å². The third kappa shape index (κ3) is 5.13. The maximum atomic E-state index is 12.1. The number of carboxylic acids is 1. The minimum Gasteiger partial charge on any atom is -0.496 e. The van der Waals surface area contributed by atoms with Crippen LogP contribution >= 0.6 is 0 Å². The Labute approximate surface area is 143 Å². The fourth-order valence-corrected chi connectivity index (χ4v) is 2.20. The van der Waals surface area contributed by atoms with Gasteiger partial charge in [0.15, 0.2) is 5.78 Å². The fraction of sp³-hybridized carbons (Fsp3) is 0.312. The summed E-state index contributed by atoms with van der Waals surface area (Å²) in [5.74, 6) is -0.892. The highest BCUT2D eigenvalue weighted by Crippen LogP contribution is 2.20. The first-order valence-electron chi connectivity index (χ1n) is 7.44. The van der Waals surface area contributed by atoms with Gasteiger partial charge < -0.3 is 15.2 Å². The van der Waals surface area contributed by atoms with Crippen LogP contribution in [0.25, 0.3) is 0 Å². The maximum Gasteiger partial charge on any atom is 0.325 e. The van der Waals surface area contributed by atoms with Gasteiger partial charge in [-0.05, 0) is 25.1 Å². The summed E-state index contributed by atoms with van der Waals surface area (Å²) in [7, 11) is 1.49. The number of carbonyl (C=O) groups is 3. The lowest BCUT2D eigenvalue weighted by Crippen LogP contribution is -2.25. The number of rotatable bonds is 8. The van der Waals surface area contributed by atoms with E-state index in [0.717, 1.165) is 0 Å². The van der Waals surface area contributed by atoms with Crippen molar-refractivity contribution in [1.29, 1.82) is 0 Å². The molecule has 2 rings (SSSR count). The van der Waals surface area contributed by atoms with Crippen molar-refractivity contribution >= 4 is 17.7 Å². The second-order valence-electron chi connectivity index (χ2n) is 5.34. The summed E-state index contributed by atoms with van der Waals surface area (Å²) in [6.07, 6.45) is 1.49. The van der Waals surface area contributed by atoms with Gasteiger partial charge in [-0.3, -0.25) is 14.4 Å². The van der Waals surface area contributed by atoms with Gasteiger partial charge >= 0.3 is 5.97 Å². The molecule has 132 valence electrons. The number of hydrogen-bond donors (Lipinski definition) is 2. The van der Waals surface area contributed by atoms with Gasteiger partial charge in [-0.25, -0.2) is 4.68 Å². The lowest BCUT2D eigenvalue weighted by atomic mass is 10.0. The van der Waals surface area contributed by atoms with Crippen LogP contribution in [0, 0.1) is 0 Å². The molecule has 0 aliphatic heterocycles. The van der Waals surface area contributed by atoms with E-state index in [1.807, 2.05) is 0 Å². The van der Waals surface area contributed by atoms with Gasteiger partial charge in [0, 0.05) is 11.1 Å². The average Bonchev–Trinajstić information content (AvgIpc) is 2.99. The van der Waals surface area contributed by atoms with Crippen LogP contribution in [0.3, 0.4) is 0 Å². The molecule has 0 unspecified atom stereocenters. The van der Waals surface area contributed by atoms with Crippen LogP contribution in [0.2, 0.25) is 0 Å². The molecule has 0 aliphatic rings. The smallest absolute Gasteiger partial charge is 0.325 e. The van der Waals surface area contributed by atoms with E-state index in [1.165, 1.54) is 24.9 Å². The predicted octanol–water partition coefficient (Wildman–Crippen LogP) is 0.433. The molecule has 0 saturated carbocycles. The van der Waals surface area contributed by atoms with E-state index < -0.39 is 5.97 Å². The van der Waals surface area contributed by atoms with Crippen LogP contribution in [0.5, 0.6) is 5.75 Å². The molecule has 2 N–H and O–H groups in total. The second kappa shape index (κ2) is 8.04. The van der Waals surface area contributed by atoms with Crippen molar-refractivity contribution in [3.05, 3.63) is 41.2 Å². The number of methoxy groups -OCH3 is 1. The first-order valence-corrected chi connectivity index (χ1v) is 7.44. The molecule has 25 heavy (non-hydrogen) atoms. The molecule has 1 aromatic carbocycles. The summed E-state index contributed by atoms with van der Waals surface area (Å²) in [4.78, 5) is 34.2. The zero-order chi connectivity index (χ0) is 18.4. The van der Waals surface area contributed by atoms with E-state index in [-0.39, 0.29) is 31.2 Å². The van der Waals surface area contributed by atoms with E-state index in [4.69, 9.17) is 9.84 Å². The number of nitrogens with one attached hydrogen (secondary N) is 1. The SMILES string of the molecule is COc1ccc(C(C)=O)cc1CC(=O)NCc1cn(CC(=O)O)nn1. The van der Waals surface area contributed by atoms with Crippen molar-refractivity contribution in [2.45, 2.75) is 26.4 Å². The standard InChI is InChI=1S/C16H18N4O5/c1-10(21)11-3-4-14(25-2)12(5-11)6-15(22)17-7-13-8-20(19-18-13)9-16(23)24/h3-5,8H,6-7,9H2,1-2H3,(H,17,22)(H,23,24). The van der Waals surface area contributed by atoms with Crippen LogP contribution in [-0.4, -0.2) is 44.9 Å². The maximum absolute atomic E-state index is 12.1. The summed E-state index contributed by atoms with van der Waals surface area (Å²) >= 11 is 0. The first-order chi connectivity index (χ1) is 11.9. The lowest BCUT2D eigenvalue weighted by Gasteiger charge is -2.10. The van der Waals surface area contributed by atoms with E-state index >= 15 is 0 Å². The molecule has 0 spiro atoms. The van der Waals surface area contributed by atoms with Crippen molar-refractivity contribution in [2.75, 3.05) is 7.11 Å². The molecule has 0 fully saturated rings. The largest absolute Gasteiger partial charge is 0.496 e. The number of Topliss-reactive ketones (excluding diaryl/α,β-unsaturated/α-hetero) is 1. The Morgan fingerprint density at radius 1 is 1.32 bits per heavy atom. The topological polar surface area (TPSA) is 123 Å². The van der Waals surface area contributed by atoms with Crippen molar-refractivity contribution in [2.24, 2.45) is 0 Å². The summed E-state index contributed by atoms with van der Waals surface area (Å²) < 4.78 is 6.38. The minimum atomic E-state index is -1.03. The third-order valence-corrected chi connectivity index (χ3v) is 3.39. The highest BCUT2D eigenvalue weighted by atomic mass is 16.5. The molecule has 0 saturated heterocycles. The Bertz CT molecular complexity index is 800. The summed E-state index contributed by atoms with van der Waals surface area (Å²) in [6, 6.07) is 4.92. The zero-order valence-corrected chi connectivity index (χ0v) is 13.9. The quantitative estimate of drug-likeness (QED) is 0.664. The van der Waals surface area contributed by atoms with Crippen LogP contribution in [0.15, 0.2) is 24.4 Å². The summed E-state index contributed by atoms with van der Waals surface area (Å²) in [5, 5.41) is 18.8. The van der Waals surface area contributed by atoms with Gasteiger partial charge in [-0.1, -0.05) is 5.21 Å². The zero-order valence-electron chi connectivity index (χ0n) is 13.9. The molecule has 0 aliphatic carbocycles. The number of carbonyl (C=O) groups excluding carboxylic acids is 2. The molecular formula is C16H18N4O5. The summed E-state index contributed by atoms with van der Waals surface area (Å²) in [5.41, 5.74) is 1.54. The Morgan fingerprint density at radius 2 is 2.08 bits per heavy atom. The van der Waals surface area contributed by atoms with Gasteiger partial charge in [0.2, 0.25) is 5.91 Å². The molecule has 2 aromatic rings. The fourth-order valence-electron chi connectivity index (χ4n) is 2.20. The Morgan fingerprint density at radius 3 is 2.72 bits per heavy atom. The number of ketones is 1. The first kappa shape index (κ1) is 18.1. The molecule has 0 atom stereocenters. The molecule has 1 heterocycles. The van der Waals surface area contributed by atoms with Crippen LogP contribution in [0.4, 0.5) is 0 Å². The van der Waals surface area contributed by atoms with Crippen LogP contribution in [-0.2, 0) is 29.1 Å². The molecule has 1 amide bonds. The number of ether oxygens (including phenoxy) is 1. The van der Waals surface area contributed by atoms with Gasteiger partial charge in [0.05, 0.1) is 26.3 Å². The molecule has 1 aromatic heterocycles. The van der Waals surface area contributed by atoms with Crippen LogP contribution < -0.4 is 10.1 Å². The Kier molecular flexibility index (Phi) is 5.83. The normalized spacial score (nSPS) is 10.3. The number of amides is 1. The van der Waals surface area contributed by atoms with Gasteiger partial charge in [-0.2, -0.15) is 0 Å². The molecule has 0 radical (unpaired) electrons. The number of nitrogens with zero attached hydrogens (tertiary/aromatic N) is 3. The number of aromatic nitrogens is 3. The van der Waals surface area contributed by atoms with Crippen molar-refractivity contribution < 1.29 is 24.2 Å². The van der Waals surface area contributed by atoms with Gasteiger partial charge in [0.1, 0.15) is 18.0 Å².